The molecule has 1 N–H and O–H groups in total. The van der Waals surface area contributed by atoms with Gasteiger partial charge in [0, 0.05) is 6.42 Å². The minimum Gasteiger partial charge on any atom is -0.459 e. The van der Waals surface area contributed by atoms with Crippen LogP contribution in [0.4, 0.5) is 8.78 Å². The molecule has 4 aliphatic rings. The van der Waals surface area contributed by atoms with E-state index in [0.29, 0.717) is 32.1 Å². The van der Waals surface area contributed by atoms with Crippen molar-refractivity contribution in [1.29, 1.82) is 0 Å². The standard InChI is InChI=1S/C23H36F2O7S/c1-14(2)17(11-20(3,4)5)18(26)32-22-9-15-6-16(10-22)8-21(7-15,12-22)19(27)31-13-23(24,25)33(28,29)30/h14-17H,6-13H2,1-5H3,(H,28,29,30). The highest BCUT2D eigenvalue weighted by Crippen LogP contribution is 2.63. The molecule has 3 atom stereocenters. The Morgan fingerprint density at radius 3 is 2.09 bits per heavy atom. The number of ether oxygens (including phenoxy) is 2. The van der Waals surface area contributed by atoms with Gasteiger partial charge >= 0.3 is 27.3 Å². The van der Waals surface area contributed by atoms with Crippen LogP contribution in [0.25, 0.3) is 0 Å². The van der Waals surface area contributed by atoms with Crippen LogP contribution < -0.4 is 0 Å². The summed E-state index contributed by atoms with van der Waals surface area (Å²) in [7, 11) is -5.69. The van der Waals surface area contributed by atoms with Crippen molar-refractivity contribution in [2.75, 3.05) is 6.61 Å². The zero-order chi connectivity index (χ0) is 25.0. The van der Waals surface area contributed by atoms with Gasteiger partial charge < -0.3 is 9.47 Å². The van der Waals surface area contributed by atoms with Crippen molar-refractivity contribution in [1.82, 2.24) is 0 Å². The van der Waals surface area contributed by atoms with Gasteiger partial charge in [-0.15, -0.1) is 0 Å². The van der Waals surface area contributed by atoms with E-state index >= 15 is 0 Å². The Labute approximate surface area is 194 Å². The van der Waals surface area contributed by atoms with Crippen molar-refractivity contribution in [2.45, 2.75) is 90.4 Å². The second-order valence-electron chi connectivity index (χ2n) is 12.1. The Morgan fingerprint density at radius 1 is 1.09 bits per heavy atom. The van der Waals surface area contributed by atoms with Crippen molar-refractivity contribution >= 4 is 22.1 Å². The first-order chi connectivity index (χ1) is 14.9. The van der Waals surface area contributed by atoms with Gasteiger partial charge in [0.1, 0.15) is 5.60 Å². The number of carbonyl (C=O) groups excluding carboxylic acids is 2. The van der Waals surface area contributed by atoms with E-state index in [1.807, 2.05) is 13.8 Å². The Bertz CT molecular complexity index is 877. The summed E-state index contributed by atoms with van der Waals surface area (Å²) in [6.45, 7) is 8.40. The van der Waals surface area contributed by atoms with E-state index in [4.69, 9.17) is 14.0 Å². The average Bonchev–Trinajstić information content (AvgIpc) is 2.60. The largest absolute Gasteiger partial charge is 0.459 e. The highest BCUT2D eigenvalue weighted by atomic mass is 32.2. The minimum absolute atomic E-state index is 0.0707. The van der Waals surface area contributed by atoms with Crippen LogP contribution in [0.5, 0.6) is 0 Å². The number of hydrogen-bond donors (Lipinski definition) is 1. The van der Waals surface area contributed by atoms with E-state index in [2.05, 4.69) is 20.8 Å². The zero-order valence-electron chi connectivity index (χ0n) is 20.0. The lowest BCUT2D eigenvalue weighted by Crippen LogP contribution is -2.60. The molecule has 4 rings (SSSR count). The SMILES string of the molecule is CC(C)C(CC(C)(C)C)C(=O)OC12CC3CC(C1)CC(C(=O)OCC(F)(F)S(=O)(=O)O)(C3)C2. The maximum absolute atomic E-state index is 13.6. The van der Waals surface area contributed by atoms with Crippen LogP contribution in [0.3, 0.4) is 0 Å². The van der Waals surface area contributed by atoms with Crippen LogP contribution in [0.15, 0.2) is 0 Å². The van der Waals surface area contributed by atoms with Gasteiger partial charge in [-0.1, -0.05) is 34.6 Å². The molecule has 10 heteroatoms. The molecule has 0 amide bonds. The highest BCUT2D eigenvalue weighted by Gasteiger charge is 2.63. The molecule has 0 aromatic carbocycles. The molecule has 3 unspecified atom stereocenters. The summed E-state index contributed by atoms with van der Waals surface area (Å²) in [5, 5.41) is -4.58. The summed E-state index contributed by atoms with van der Waals surface area (Å²) in [6.07, 6.45) is 3.87. The molecular formula is C23H36F2O7S. The van der Waals surface area contributed by atoms with Gasteiger partial charge in [0.25, 0.3) is 0 Å². The fourth-order valence-electron chi connectivity index (χ4n) is 6.45. The van der Waals surface area contributed by atoms with Crippen molar-refractivity contribution in [3.8, 4) is 0 Å². The lowest BCUT2D eigenvalue weighted by molar-refractivity contribution is -0.218. The van der Waals surface area contributed by atoms with Crippen LogP contribution in [-0.2, 0) is 29.2 Å². The minimum atomic E-state index is -5.69. The quantitative estimate of drug-likeness (QED) is 0.388. The molecule has 0 saturated heterocycles. The molecule has 0 heterocycles. The first kappa shape index (κ1) is 26.3. The second kappa shape index (κ2) is 8.43. The number of hydrogen-bond acceptors (Lipinski definition) is 6. The van der Waals surface area contributed by atoms with Crippen LogP contribution in [0, 0.1) is 34.5 Å². The first-order valence-corrected chi connectivity index (χ1v) is 13.1. The number of halogens is 2. The van der Waals surface area contributed by atoms with Crippen LogP contribution in [0.2, 0.25) is 0 Å². The van der Waals surface area contributed by atoms with E-state index in [0.717, 1.165) is 6.42 Å². The van der Waals surface area contributed by atoms with Gasteiger partial charge in [0.05, 0.1) is 11.3 Å². The summed E-state index contributed by atoms with van der Waals surface area (Å²) in [4.78, 5) is 26.2. The lowest BCUT2D eigenvalue weighted by Gasteiger charge is -2.60. The lowest BCUT2D eigenvalue weighted by atomic mass is 9.48. The molecule has 0 radical (unpaired) electrons. The molecule has 0 aromatic heterocycles. The predicted molar refractivity (Wildman–Crippen MR) is 116 cm³/mol. The third-order valence-electron chi connectivity index (χ3n) is 7.45. The molecule has 4 aliphatic carbocycles. The topological polar surface area (TPSA) is 107 Å². The Kier molecular flexibility index (Phi) is 6.72. The van der Waals surface area contributed by atoms with Crippen LogP contribution in [0.1, 0.15) is 79.6 Å². The van der Waals surface area contributed by atoms with Gasteiger partial charge in [-0.25, -0.2) is 0 Å². The molecule has 4 saturated carbocycles. The fourth-order valence-corrected chi connectivity index (χ4v) is 6.66. The van der Waals surface area contributed by atoms with Gasteiger partial charge in [-0.3, -0.25) is 14.1 Å². The molecule has 190 valence electrons. The summed E-state index contributed by atoms with van der Waals surface area (Å²) in [5.74, 6) is -1.21. The van der Waals surface area contributed by atoms with Gasteiger partial charge in [-0.2, -0.15) is 17.2 Å². The summed E-state index contributed by atoms with van der Waals surface area (Å²) in [6, 6.07) is 0. The number of rotatable bonds is 8. The molecule has 0 aromatic rings. The van der Waals surface area contributed by atoms with Gasteiger partial charge in [0.2, 0.25) is 0 Å². The molecular weight excluding hydrogens is 458 g/mol. The normalized spacial score (nSPS) is 32.6. The van der Waals surface area contributed by atoms with Crippen molar-refractivity contribution in [2.24, 2.45) is 34.5 Å². The Balaban J connectivity index is 1.78. The van der Waals surface area contributed by atoms with Crippen molar-refractivity contribution in [3.63, 3.8) is 0 Å². The summed E-state index contributed by atoms with van der Waals surface area (Å²) in [5.41, 5.74) is -1.99. The number of alkyl halides is 2. The Morgan fingerprint density at radius 2 is 1.64 bits per heavy atom. The number of carbonyl (C=O) groups is 2. The van der Waals surface area contributed by atoms with Crippen molar-refractivity contribution in [3.05, 3.63) is 0 Å². The van der Waals surface area contributed by atoms with E-state index in [9.17, 15) is 26.8 Å². The maximum atomic E-state index is 13.6. The van der Waals surface area contributed by atoms with E-state index in [-0.39, 0.29) is 41.5 Å². The van der Waals surface area contributed by atoms with E-state index in [1.165, 1.54) is 0 Å². The third kappa shape index (κ3) is 5.52. The number of esters is 2. The smallest absolute Gasteiger partial charge is 0.402 e. The zero-order valence-corrected chi connectivity index (χ0v) is 20.8. The molecule has 4 fully saturated rings. The maximum Gasteiger partial charge on any atom is 0.402 e. The molecule has 0 spiro atoms. The average molecular weight is 495 g/mol. The highest BCUT2D eigenvalue weighted by molar-refractivity contribution is 7.86. The van der Waals surface area contributed by atoms with E-state index < -0.39 is 39.0 Å². The predicted octanol–water partition coefficient (Wildman–Crippen LogP) is 4.60. The van der Waals surface area contributed by atoms with Gasteiger partial charge in [-0.05, 0) is 61.7 Å². The van der Waals surface area contributed by atoms with Crippen LogP contribution in [-0.4, -0.2) is 42.4 Å². The molecule has 4 bridgehead atoms. The first-order valence-electron chi connectivity index (χ1n) is 11.6. The Hall–Kier alpha value is -1.29. The van der Waals surface area contributed by atoms with Gasteiger partial charge in [0.15, 0.2) is 6.61 Å². The third-order valence-corrected chi connectivity index (χ3v) is 8.32. The van der Waals surface area contributed by atoms with Crippen molar-refractivity contribution < 1.29 is 40.8 Å². The monoisotopic (exact) mass is 494 g/mol. The second-order valence-corrected chi connectivity index (χ2v) is 13.7. The molecule has 33 heavy (non-hydrogen) atoms. The fraction of sp³-hybridized carbons (Fsp3) is 0.913. The molecule has 7 nitrogen and oxygen atoms in total. The molecule has 0 aliphatic heterocycles. The summed E-state index contributed by atoms with van der Waals surface area (Å²) < 4.78 is 68.6. The van der Waals surface area contributed by atoms with E-state index in [1.54, 1.807) is 0 Å². The summed E-state index contributed by atoms with van der Waals surface area (Å²) >= 11 is 0. The van der Waals surface area contributed by atoms with Crippen LogP contribution >= 0.6 is 0 Å².